The molecule has 5 rings (SSSR count). The van der Waals surface area contributed by atoms with Gasteiger partial charge in [-0.15, -0.1) is 10.2 Å². The SMILES string of the molecule is CCCn1c2ccccc2c2nnc(SCc3nc(-c4ccc(OC)c(OC)c4)no3)nc21. The molecule has 10 heteroatoms. The summed E-state index contributed by atoms with van der Waals surface area (Å²) in [6, 6.07) is 13.7. The molecular formula is C23H22N6O3S. The summed E-state index contributed by atoms with van der Waals surface area (Å²) in [4.78, 5) is 9.28. The van der Waals surface area contributed by atoms with E-state index in [2.05, 4.69) is 44.0 Å². The quantitative estimate of drug-likeness (QED) is 0.302. The largest absolute Gasteiger partial charge is 0.493 e. The average molecular weight is 463 g/mol. The number of aryl methyl sites for hydroxylation is 1. The first kappa shape index (κ1) is 21.2. The molecule has 3 heterocycles. The molecule has 0 bridgehead atoms. The van der Waals surface area contributed by atoms with Gasteiger partial charge in [0.2, 0.25) is 16.9 Å². The van der Waals surface area contributed by atoms with Crippen molar-refractivity contribution in [2.24, 2.45) is 0 Å². The van der Waals surface area contributed by atoms with E-state index in [1.54, 1.807) is 14.2 Å². The van der Waals surface area contributed by atoms with Crippen LogP contribution in [0.2, 0.25) is 0 Å². The first-order chi connectivity index (χ1) is 16.2. The number of thioether (sulfide) groups is 1. The maximum atomic E-state index is 5.43. The number of aromatic nitrogens is 6. The van der Waals surface area contributed by atoms with E-state index < -0.39 is 0 Å². The van der Waals surface area contributed by atoms with Gasteiger partial charge in [0.15, 0.2) is 17.1 Å². The Balaban J connectivity index is 1.38. The first-order valence-corrected chi connectivity index (χ1v) is 11.5. The number of para-hydroxylation sites is 1. The van der Waals surface area contributed by atoms with Crippen molar-refractivity contribution in [3.63, 3.8) is 0 Å². The number of nitrogens with zero attached hydrogens (tertiary/aromatic N) is 6. The third-order valence-corrected chi connectivity index (χ3v) is 6.06. The number of fused-ring (bicyclic) bond motifs is 3. The molecule has 0 aliphatic heterocycles. The van der Waals surface area contributed by atoms with E-state index in [1.165, 1.54) is 11.8 Å². The van der Waals surface area contributed by atoms with E-state index in [9.17, 15) is 0 Å². The van der Waals surface area contributed by atoms with Crippen molar-refractivity contribution in [2.75, 3.05) is 14.2 Å². The molecule has 0 spiro atoms. The third kappa shape index (κ3) is 3.97. The summed E-state index contributed by atoms with van der Waals surface area (Å²) in [6.45, 7) is 3.02. The zero-order valence-corrected chi connectivity index (χ0v) is 19.3. The second kappa shape index (κ2) is 9.07. The van der Waals surface area contributed by atoms with Crippen molar-refractivity contribution in [2.45, 2.75) is 30.8 Å². The maximum absolute atomic E-state index is 5.43. The first-order valence-electron chi connectivity index (χ1n) is 10.5. The van der Waals surface area contributed by atoms with Gasteiger partial charge in [0.25, 0.3) is 0 Å². The Morgan fingerprint density at radius 2 is 1.85 bits per heavy atom. The molecule has 0 aliphatic rings. The average Bonchev–Trinajstić information content (AvgIpc) is 3.46. The summed E-state index contributed by atoms with van der Waals surface area (Å²) in [5, 5.41) is 14.5. The smallest absolute Gasteiger partial charge is 0.237 e. The summed E-state index contributed by atoms with van der Waals surface area (Å²) >= 11 is 1.41. The van der Waals surface area contributed by atoms with Gasteiger partial charge in [-0.25, -0.2) is 4.98 Å². The molecule has 0 saturated carbocycles. The highest BCUT2D eigenvalue weighted by atomic mass is 32.2. The van der Waals surface area contributed by atoms with Gasteiger partial charge in [-0.1, -0.05) is 42.0 Å². The second-order valence-corrected chi connectivity index (χ2v) is 8.25. The fourth-order valence-electron chi connectivity index (χ4n) is 3.73. The Morgan fingerprint density at radius 3 is 2.67 bits per heavy atom. The molecule has 5 aromatic rings. The number of hydrogen-bond acceptors (Lipinski definition) is 9. The molecule has 2 aromatic carbocycles. The monoisotopic (exact) mass is 462 g/mol. The lowest BCUT2D eigenvalue weighted by atomic mass is 10.2. The molecule has 0 fully saturated rings. The predicted molar refractivity (Wildman–Crippen MR) is 126 cm³/mol. The Hall–Kier alpha value is -3.66. The molecule has 3 aromatic heterocycles. The van der Waals surface area contributed by atoms with E-state index in [-0.39, 0.29) is 0 Å². The Labute approximate surface area is 194 Å². The van der Waals surface area contributed by atoms with E-state index >= 15 is 0 Å². The van der Waals surface area contributed by atoms with Crippen molar-refractivity contribution < 1.29 is 14.0 Å². The zero-order chi connectivity index (χ0) is 22.8. The molecule has 0 N–H and O–H groups in total. The van der Waals surface area contributed by atoms with Gasteiger partial charge in [-0.05, 0) is 30.7 Å². The number of benzene rings is 2. The van der Waals surface area contributed by atoms with Gasteiger partial charge < -0.3 is 18.6 Å². The van der Waals surface area contributed by atoms with E-state index in [0.717, 1.165) is 40.6 Å². The number of hydrogen-bond donors (Lipinski definition) is 0. The zero-order valence-electron chi connectivity index (χ0n) is 18.5. The van der Waals surface area contributed by atoms with Crippen LogP contribution in [0.15, 0.2) is 52.1 Å². The van der Waals surface area contributed by atoms with E-state index in [1.807, 2.05) is 30.3 Å². The molecule has 33 heavy (non-hydrogen) atoms. The summed E-state index contributed by atoms with van der Waals surface area (Å²) < 4.78 is 18.3. The van der Waals surface area contributed by atoms with Crippen LogP contribution in [0.25, 0.3) is 33.5 Å². The van der Waals surface area contributed by atoms with Crippen LogP contribution >= 0.6 is 11.8 Å². The molecular weight excluding hydrogens is 440 g/mol. The van der Waals surface area contributed by atoms with Crippen LogP contribution in [0.1, 0.15) is 19.2 Å². The second-order valence-electron chi connectivity index (χ2n) is 7.31. The minimum absolute atomic E-state index is 0.432. The lowest BCUT2D eigenvalue weighted by Crippen LogP contribution is -2.00. The Kier molecular flexibility index (Phi) is 5.82. The van der Waals surface area contributed by atoms with Crippen molar-refractivity contribution in [3.05, 3.63) is 48.4 Å². The van der Waals surface area contributed by atoms with Crippen LogP contribution in [0.3, 0.4) is 0 Å². The summed E-state index contributed by atoms with van der Waals surface area (Å²) in [7, 11) is 3.18. The summed E-state index contributed by atoms with van der Waals surface area (Å²) in [6.07, 6.45) is 1.00. The normalized spacial score (nSPS) is 11.4. The van der Waals surface area contributed by atoms with Gasteiger partial charge in [0.05, 0.1) is 25.5 Å². The van der Waals surface area contributed by atoms with Crippen molar-refractivity contribution >= 4 is 33.8 Å². The van der Waals surface area contributed by atoms with Gasteiger partial charge in [-0.2, -0.15) is 4.98 Å². The Bertz CT molecular complexity index is 1430. The van der Waals surface area contributed by atoms with Gasteiger partial charge in [0, 0.05) is 17.5 Å². The fourth-order valence-corrected chi connectivity index (χ4v) is 4.35. The highest BCUT2D eigenvalue weighted by molar-refractivity contribution is 7.98. The number of ether oxygens (including phenoxy) is 2. The number of methoxy groups -OCH3 is 2. The molecule has 0 atom stereocenters. The van der Waals surface area contributed by atoms with Crippen LogP contribution in [0.5, 0.6) is 11.5 Å². The van der Waals surface area contributed by atoms with Crippen molar-refractivity contribution in [3.8, 4) is 22.9 Å². The van der Waals surface area contributed by atoms with Crippen LogP contribution < -0.4 is 9.47 Å². The predicted octanol–water partition coefficient (Wildman–Crippen LogP) is 4.75. The molecule has 168 valence electrons. The highest BCUT2D eigenvalue weighted by Gasteiger charge is 2.16. The minimum atomic E-state index is 0.432. The molecule has 0 saturated heterocycles. The lowest BCUT2D eigenvalue weighted by Gasteiger charge is -2.07. The topological polar surface area (TPSA) is 101 Å². The van der Waals surface area contributed by atoms with Crippen LogP contribution in [0.4, 0.5) is 0 Å². The molecule has 0 aliphatic carbocycles. The summed E-state index contributed by atoms with van der Waals surface area (Å²) in [5.74, 6) is 2.63. The minimum Gasteiger partial charge on any atom is -0.493 e. The van der Waals surface area contributed by atoms with Crippen LogP contribution in [-0.2, 0) is 12.3 Å². The molecule has 9 nitrogen and oxygen atoms in total. The van der Waals surface area contributed by atoms with Crippen LogP contribution in [0, 0.1) is 0 Å². The van der Waals surface area contributed by atoms with Crippen molar-refractivity contribution in [1.29, 1.82) is 0 Å². The Morgan fingerprint density at radius 1 is 1.00 bits per heavy atom. The van der Waals surface area contributed by atoms with Gasteiger partial charge in [0.1, 0.15) is 5.52 Å². The maximum Gasteiger partial charge on any atom is 0.237 e. The molecule has 0 amide bonds. The molecule has 0 radical (unpaired) electrons. The van der Waals surface area contributed by atoms with Crippen LogP contribution in [-0.4, -0.2) is 44.1 Å². The fraction of sp³-hybridized carbons (Fsp3) is 0.261. The van der Waals surface area contributed by atoms with Crippen molar-refractivity contribution in [1.82, 2.24) is 29.9 Å². The highest BCUT2D eigenvalue weighted by Crippen LogP contribution is 2.32. The van der Waals surface area contributed by atoms with E-state index in [0.29, 0.717) is 34.1 Å². The lowest BCUT2D eigenvalue weighted by molar-refractivity contribution is 0.355. The van der Waals surface area contributed by atoms with Gasteiger partial charge >= 0.3 is 0 Å². The number of rotatable bonds is 8. The third-order valence-electron chi connectivity index (χ3n) is 5.24. The van der Waals surface area contributed by atoms with E-state index in [4.69, 9.17) is 19.0 Å². The standard InChI is InChI=1S/C23H22N6O3S/c1-4-11-29-16-8-6-5-7-15(16)20-22(29)25-23(27-26-20)33-13-19-24-21(28-32-19)14-9-10-17(30-2)18(12-14)31-3/h5-10,12H,4,11,13H2,1-3H3. The van der Waals surface area contributed by atoms with Gasteiger partial charge in [-0.3, -0.25) is 0 Å². The molecule has 0 unspecified atom stereocenters. The summed E-state index contributed by atoms with van der Waals surface area (Å²) in [5.41, 5.74) is 3.55.